The van der Waals surface area contributed by atoms with Crippen LogP contribution in [0.1, 0.15) is 11.7 Å². The highest BCUT2D eigenvalue weighted by Gasteiger charge is 2.20. The summed E-state index contributed by atoms with van der Waals surface area (Å²) in [6.07, 6.45) is -1.95. The molecule has 0 amide bonds. The monoisotopic (exact) mass is 264 g/mol. The number of hydrogen-bond acceptors (Lipinski definition) is 2. The number of rotatable bonds is 3. The van der Waals surface area contributed by atoms with Gasteiger partial charge >= 0.3 is 5.97 Å². The van der Waals surface area contributed by atoms with Crippen LogP contribution in [0.2, 0.25) is 0 Å². The molecule has 0 aliphatic heterocycles. The topological polar surface area (TPSA) is 57.5 Å². The van der Waals surface area contributed by atoms with Crippen LogP contribution < -0.4 is 0 Å². The lowest BCUT2D eigenvalue weighted by Gasteiger charge is -2.10. The molecule has 3 nitrogen and oxygen atoms in total. The second-order valence-electron chi connectivity index (χ2n) is 3.99. The highest BCUT2D eigenvalue weighted by molar-refractivity contribution is 5.75. The van der Waals surface area contributed by atoms with Crippen molar-refractivity contribution in [3.63, 3.8) is 0 Å². The fourth-order valence-corrected chi connectivity index (χ4v) is 1.73. The van der Waals surface area contributed by atoms with E-state index in [9.17, 15) is 18.7 Å². The van der Waals surface area contributed by atoms with Crippen molar-refractivity contribution >= 4 is 5.97 Å². The molecule has 0 spiro atoms. The Morgan fingerprint density at radius 2 is 1.74 bits per heavy atom. The van der Waals surface area contributed by atoms with Crippen molar-refractivity contribution in [2.75, 3.05) is 0 Å². The van der Waals surface area contributed by atoms with E-state index in [1.165, 1.54) is 30.3 Å². The Labute approximate surface area is 107 Å². The van der Waals surface area contributed by atoms with E-state index in [1.54, 1.807) is 6.07 Å². The van der Waals surface area contributed by atoms with Gasteiger partial charge in [0.15, 0.2) is 6.10 Å². The first-order chi connectivity index (χ1) is 8.99. The van der Waals surface area contributed by atoms with E-state index >= 15 is 0 Å². The molecular formula is C14H10F2O3. The van der Waals surface area contributed by atoms with Gasteiger partial charge in [0.05, 0.1) is 0 Å². The summed E-state index contributed by atoms with van der Waals surface area (Å²) in [7, 11) is 0. The van der Waals surface area contributed by atoms with Crippen LogP contribution in [0.15, 0.2) is 42.5 Å². The fraction of sp³-hybridized carbons (Fsp3) is 0.0714. The number of aliphatic hydroxyl groups is 1. The summed E-state index contributed by atoms with van der Waals surface area (Å²) >= 11 is 0. The third kappa shape index (κ3) is 2.77. The van der Waals surface area contributed by atoms with E-state index in [0.717, 1.165) is 6.07 Å². The zero-order valence-electron chi connectivity index (χ0n) is 9.68. The Hall–Kier alpha value is -2.27. The molecule has 2 N–H and O–H groups in total. The van der Waals surface area contributed by atoms with Gasteiger partial charge in [0, 0.05) is 5.56 Å². The van der Waals surface area contributed by atoms with Gasteiger partial charge in [-0.15, -0.1) is 0 Å². The summed E-state index contributed by atoms with van der Waals surface area (Å²) in [6.45, 7) is 0. The molecule has 2 aromatic rings. The van der Waals surface area contributed by atoms with E-state index in [2.05, 4.69) is 0 Å². The molecular weight excluding hydrogens is 254 g/mol. The third-order valence-electron chi connectivity index (χ3n) is 2.68. The molecule has 0 radical (unpaired) electrons. The molecule has 19 heavy (non-hydrogen) atoms. The largest absolute Gasteiger partial charge is 0.479 e. The van der Waals surface area contributed by atoms with Gasteiger partial charge in [0.2, 0.25) is 0 Å². The number of carbonyl (C=O) groups is 1. The maximum absolute atomic E-state index is 13.5. The Morgan fingerprint density at radius 3 is 2.37 bits per heavy atom. The molecule has 0 fully saturated rings. The van der Waals surface area contributed by atoms with Crippen LogP contribution in [0, 0.1) is 11.6 Å². The summed E-state index contributed by atoms with van der Waals surface area (Å²) < 4.78 is 26.6. The van der Waals surface area contributed by atoms with Gasteiger partial charge in [-0.05, 0) is 35.4 Å². The van der Waals surface area contributed by atoms with Crippen molar-refractivity contribution in [3.8, 4) is 11.1 Å². The van der Waals surface area contributed by atoms with Crippen molar-refractivity contribution in [1.29, 1.82) is 0 Å². The first-order valence-electron chi connectivity index (χ1n) is 5.45. The fourth-order valence-electron chi connectivity index (χ4n) is 1.73. The number of halogens is 2. The van der Waals surface area contributed by atoms with Gasteiger partial charge in [-0.1, -0.05) is 18.2 Å². The Morgan fingerprint density at radius 1 is 1.05 bits per heavy atom. The second-order valence-corrected chi connectivity index (χ2v) is 3.99. The summed E-state index contributed by atoms with van der Waals surface area (Å²) in [5.41, 5.74) is 0.546. The lowest BCUT2D eigenvalue weighted by Crippen LogP contribution is -2.12. The summed E-state index contributed by atoms with van der Waals surface area (Å²) in [5, 5.41) is 18.1. The van der Waals surface area contributed by atoms with Gasteiger partial charge in [0.1, 0.15) is 11.6 Å². The maximum Gasteiger partial charge on any atom is 0.337 e. The highest BCUT2D eigenvalue weighted by Crippen LogP contribution is 2.26. The van der Waals surface area contributed by atoms with E-state index < -0.39 is 23.7 Å². The zero-order chi connectivity index (χ0) is 14.0. The molecule has 0 aliphatic rings. The quantitative estimate of drug-likeness (QED) is 0.896. The van der Waals surface area contributed by atoms with Crippen molar-refractivity contribution in [2.24, 2.45) is 0 Å². The Bertz CT molecular complexity index is 626. The molecule has 0 saturated heterocycles. The van der Waals surface area contributed by atoms with Crippen LogP contribution in [0.5, 0.6) is 0 Å². The Kier molecular flexibility index (Phi) is 3.57. The number of carboxylic acid groups (broad SMARTS) is 1. The minimum absolute atomic E-state index is 0.353. The lowest BCUT2D eigenvalue weighted by atomic mass is 10.00. The van der Waals surface area contributed by atoms with Crippen LogP contribution in [-0.4, -0.2) is 16.2 Å². The molecule has 1 unspecified atom stereocenters. The van der Waals surface area contributed by atoms with Crippen LogP contribution in [0.4, 0.5) is 8.78 Å². The SMILES string of the molecule is O=C(O)C(O)c1cc(-c2cccc(F)c2)ccc1F. The van der Waals surface area contributed by atoms with Gasteiger partial charge in [-0.25, -0.2) is 13.6 Å². The number of aliphatic hydroxyl groups excluding tert-OH is 1. The van der Waals surface area contributed by atoms with E-state index in [-0.39, 0.29) is 5.56 Å². The summed E-state index contributed by atoms with van der Waals surface area (Å²) in [4.78, 5) is 10.7. The highest BCUT2D eigenvalue weighted by atomic mass is 19.1. The van der Waals surface area contributed by atoms with E-state index in [1.807, 2.05) is 0 Å². The summed E-state index contributed by atoms with van der Waals surface area (Å²) in [5.74, 6) is -2.83. The van der Waals surface area contributed by atoms with Gasteiger partial charge in [-0.2, -0.15) is 0 Å². The van der Waals surface area contributed by atoms with Gasteiger partial charge < -0.3 is 10.2 Å². The lowest BCUT2D eigenvalue weighted by molar-refractivity contribution is -0.147. The van der Waals surface area contributed by atoms with Crippen molar-refractivity contribution < 1.29 is 23.8 Å². The molecule has 0 heterocycles. The molecule has 0 aliphatic carbocycles. The number of carboxylic acids is 1. The molecule has 5 heteroatoms. The van der Waals surface area contributed by atoms with Crippen molar-refractivity contribution in [1.82, 2.24) is 0 Å². The van der Waals surface area contributed by atoms with Gasteiger partial charge in [-0.3, -0.25) is 0 Å². The van der Waals surface area contributed by atoms with E-state index in [4.69, 9.17) is 5.11 Å². The minimum Gasteiger partial charge on any atom is -0.479 e. The number of aliphatic carboxylic acids is 1. The second kappa shape index (κ2) is 5.16. The molecule has 1 atom stereocenters. The molecule has 0 bridgehead atoms. The molecule has 98 valence electrons. The van der Waals surface area contributed by atoms with Crippen LogP contribution in [0.3, 0.4) is 0 Å². The maximum atomic E-state index is 13.5. The van der Waals surface area contributed by atoms with E-state index in [0.29, 0.717) is 11.1 Å². The first-order valence-corrected chi connectivity index (χ1v) is 5.45. The normalized spacial score (nSPS) is 12.2. The standard InChI is InChI=1S/C14H10F2O3/c15-10-3-1-2-8(6-10)9-4-5-12(16)11(7-9)13(17)14(18)19/h1-7,13,17H,(H,18,19). The smallest absolute Gasteiger partial charge is 0.337 e. The predicted octanol–water partition coefficient (Wildman–Crippen LogP) is 2.75. The average molecular weight is 264 g/mol. The average Bonchev–Trinajstić information content (AvgIpc) is 2.38. The van der Waals surface area contributed by atoms with Crippen LogP contribution >= 0.6 is 0 Å². The van der Waals surface area contributed by atoms with Crippen molar-refractivity contribution in [2.45, 2.75) is 6.10 Å². The predicted molar refractivity (Wildman–Crippen MR) is 64.4 cm³/mol. The number of hydrogen-bond donors (Lipinski definition) is 2. The molecule has 0 aromatic heterocycles. The Balaban J connectivity index is 2.49. The molecule has 0 saturated carbocycles. The van der Waals surface area contributed by atoms with Gasteiger partial charge in [0.25, 0.3) is 0 Å². The minimum atomic E-state index is -1.95. The van der Waals surface area contributed by atoms with Crippen molar-refractivity contribution in [3.05, 3.63) is 59.7 Å². The van der Waals surface area contributed by atoms with Crippen LogP contribution in [-0.2, 0) is 4.79 Å². The molecule has 2 aromatic carbocycles. The third-order valence-corrected chi connectivity index (χ3v) is 2.68. The first kappa shape index (κ1) is 13.2. The number of benzene rings is 2. The summed E-state index contributed by atoms with van der Waals surface area (Å²) in [6, 6.07) is 9.23. The zero-order valence-corrected chi connectivity index (χ0v) is 9.68. The van der Waals surface area contributed by atoms with Crippen LogP contribution in [0.25, 0.3) is 11.1 Å². The molecule has 2 rings (SSSR count).